The van der Waals surface area contributed by atoms with E-state index in [1.165, 1.54) is 19.4 Å². The molecular weight excluding hydrogens is 245 g/mol. The smallest absolute Gasteiger partial charge is 0.371 e. The minimum absolute atomic E-state index is 0.173. The maximum atomic E-state index is 11.9. The summed E-state index contributed by atoms with van der Waals surface area (Å²) in [6.07, 6.45) is -0.625. The molecule has 2 fully saturated rings. The molecule has 0 bridgehead atoms. The summed E-state index contributed by atoms with van der Waals surface area (Å²) in [6, 6.07) is 0.607. The van der Waals surface area contributed by atoms with Crippen LogP contribution in [0, 0.1) is 0 Å². The molecule has 0 aromatic carbocycles. The van der Waals surface area contributed by atoms with Crippen LogP contribution < -0.4 is 0 Å². The maximum absolute atomic E-state index is 11.9. The van der Waals surface area contributed by atoms with Gasteiger partial charge in [-0.05, 0) is 38.9 Å². The fraction of sp³-hybridized carbons (Fsp3) is 1.00. The topological polar surface area (TPSA) is 15.7 Å². The second-order valence-corrected chi connectivity index (χ2v) is 5.15. The lowest BCUT2D eigenvalue weighted by Gasteiger charge is -2.25. The SMILES string of the molecule is FC(F)(F)COCCN1CCCN2CCCC2C1. The largest absolute Gasteiger partial charge is 0.411 e. The summed E-state index contributed by atoms with van der Waals surface area (Å²) in [5.41, 5.74) is 0. The van der Waals surface area contributed by atoms with E-state index < -0.39 is 12.8 Å². The number of hydrogen-bond acceptors (Lipinski definition) is 3. The first-order chi connectivity index (χ1) is 8.54. The molecule has 0 aliphatic carbocycles. The third-order valence-corrected chi connectivity index (χ3v) is 3.71. The molecule has 2 aliphatic heterocycles. The number of hydrogen-bond donors (Lipinski definition) is 0. The number of fused-ring (bicyclic) bond motifs is 1. The van der Waals surface area contributed by atoms with Crippen LogP contribution in [0.3, 0.4) is 0 Å². The zero-order chi connectivity index (χ0) is 13.0. The van der Waals surface area contributed by atoms with Crippen LogP contribution in [0.5, 0.6) is 0 Å². The minimum atomic E-state index is -4.21. The lowest BCUT2D eigenvalue weighted by Crippen LogP contribution is -2.38. The van der Waals surface area contributed by atoms with Gasteiger partial charge in [0.25, 0.3) is 0 Å². The maximum Gasteiger partial charge on any atom is 0.411 e. The molecule has 1 unspecified atom stereocenters. The highest BCUT2D eigenvalue weighted by molar-refractivity contribution is 4.84. The molecule has 2 heterocycles. The van der Waals surface area contributed by atoms with Gasteiger partial charge in [-0.15, -0.1) is 0 Å². The average Bonchev–Trinajstić information content (AvgIpc) is 2.62. The molecule has 2 aliphatic rings. The minimum Gasteiger partial charge on any atom is -0.371 e. The Bertz CT molecular complexity index is 260. The van der Waals surface area contributed by atoms with Crippen molar-refractivity contribution in [2.45, 2.75) is 31.5 Å². The molecule has 0 radical (unpaired) electrons. The summed E-state index contributed by atoms with van der Waals surface area (Å²) in [5, 5.41) is 0. The molecule has 0 N–H and O–H groups in total. The Morgan fingerprint density at radius 3 is 2.67 bits per heavy atom. The van der Waals surface area contributed by atoms with Crippen LogP contribution in [-0.4, -0.2) is 68.0 Å². The van der Waals surface area contributed by atoms with Crippen LogP contribution in [0.2, 0.25) is 0 Å². The van der Waals surface area contributed by atoms with Crippen LogP contribution in [0.25, 0.3) is 0 Å². The average molecular weight is 266 g/mol. The zero-order valence-corrected chi connectivity index (χ0v) is 10.6. The van der Waals surface area contributed by atoms with Crippen LogP contribution in [-0.2, 0) is 4.74 Å². The van der Waals surface area contributed by atoms with Gasteiger partial charge in [0.05, 0.1) is 6.61 Å². The first-order valence-electron chi connectivity index (χ1n) is 6.65. The van der Waals surface area contributed by atoms with Gasteiger partial charge in [-0.25, -0.2) is 0 Å². The quantitative estimate of drug-likeness (QED) is 0.721. The summed E-state index contributed by atoms with van der Waals surface area (Å²) >= 11 is 0. The third kappa shape index (κ3) is 4.40. The summed E-state index contributed by atoms with van der Waals surface area (Å²) in [5.74, 6) is 0. The predicted molar refractivity (Wildman–Crippen MR) is 62.5 cm³/mol. The van der Waals surface area contributed by atoms with Crippen LogP contribution in [0.15, 0.2) is 0 Å². The van der Waals surface area contributed by atoms with E-state index in [1.54, 1.807) is 0 Å². The Hall–Kier alpha value is -0.330. The lowest BCUT2D eigenvalue weighted by atomic mass is 10.2. The van der Waals surface area contributed by atoms with Gasteiger partial charge in [-0.3, -0.25) is 9.80 Å². The van der Waals surface area contributed by atoms with Crippen LogP contribution >= 0.6 is 0 Å². The molecule has 0 aromatic rings. The summed E-state index contributed by atoms with van der Waals surface area (Å²) < 4.78 is 40.4. The zero-order valence-electron chi connectivity index (χ0n) is 10.6. The van der Waals surface area contributed by atoms with E-state index in [4.69, 9.17) is 0 Å². The van der Waals surface area contributed by atoms with Crippen molar-refractivity contribution in [1.82, 2.24) is 9.80 Å². The molecule has 2 saturated heterocycles. The summed E-state index contributed by atoms with van der Waals surface area (Å²) in [7, 11) is 0. The van der Waals surface area contributed by atoms with E-state index in [9.17, 15) is 13.2 Å². The van der Waals surface area contributed by atoms with Gasteiger partial charge >= 0.3 is 6.18 Å². The molecule has 106 valence electrons. The molecule has 3 nitrogen and oxygen atoms in total. The second-order valence-electron chi connectivity index (χ2n) is 5.15. The van der Waals surface area contributed by atoms with E-state index in [0.29, 0.717) is 12.6 Å². The van der Waals surface area contributed by atoms with E-state index >= 15 is 0 Å². The first kappa shape index (κ1) is 14.1. The molecule has 0 saturated carbocycles. The van der Waals surface area contributed by atoms with E-state index in [-0.39, 0.29) is 6.61 Å². The summed E-state index contributed by atoms with van der Waals surface area (Å²) in [6.45, 7) is 3.93. The highest BCUT2D eigenvalue weighted by Crippen LogP contribution is 2.21. The molecule has 18 heavy (non-hydrogen) atoms. The Balaban J connectivity index is 1.66. The number of alkyl halides is 3. The normalized spacial score (nSPS) is 27.2. The first-order valence-corrected chi connectivity index (χ1v) is 6.65. The van der Waals surface area contributed by atoms with Gasteiger partial charge in [-0.1, -0.05) is 0 Å². The van der Waals surface area contributed by atoms with E-state index in [1.807, 2.05) is 0 Å². The van der Waals surface area contributed by atoms with Crippen molar-refractivity contribution in [2.75, 3.05) is 45.9 Å². The second kappa shape index (κ2) is 6.21. The standard InChI is InChI=1S/C12H21F3N2O/c13-12(14,15)10-18-8-7-16-4-2-6-17-5-1-3-11(17)9-16/h11H,1-10H2. The highest BCUT2D eigenvalue weighted by atomic mass is 19.4. The monoisotopic (exact) mass is 266 g/mol. The molecule has 0 spiro atoms. The fourth-order valence-electron chi connectivity index (χ4n) is 2.87. The number of ether oxygens (including phenoxy) is 1. The molecule has 6 heteroatoms. The van der Waals surface area contributed by atoms with E-state index in [2.05, 4.69) is 14.5 Å². The van der Waals surface area contributed by atoms with Crippen molar-refractivity contribution in [2.24, 2.45) is 0 Å². The van der Waals surface area contributed by atoms with Gasteiger partial charge in [-0.2, -0.15) is 13.2 Å². The molecule has 0 aromatic heterocycles. The van der Waals surface area contributed by atoms with Crippen molar-refractivity contribution in [3.8, 4) is 0 Å². The predicted octanol–water partition coefficient (Wildman–Crippen LogP) is 1.74. The van der Waals surface area contributed by atoms with Gasteiger partial charge in [0, 0.05) is 19.1 Å². The van der Waals surface area contributed by atoms with Gasteiger partial charge in [0.15, 0.2) is 0 Å². The van der Waals surface area contributed by atoms with Crippen LogP contribution in [0.4, 0.5) is 13.2 Å². The Morgan fingerprint density at radius 2 is 1.89 bits per heavy atom. The van der Waals surface area contributed by atoms with Crippen molar-refractivity contribution in [3.05, 3.63) is 0 Å². The van der Waals surface area contributed by atoms with Gasteiger partial charge in [0.1, 0.15) is 6.61 Å². The third-order valence-electron chi connectivity index (χ3n) is 3.71. The fourth-order valence-corrected chi connectivity index (χ4v) is 2.87. The lowest BCUT2D eigenvalue weighted by molar-refractivity contribution is -0.174. The van der Waals surface area contributed by atoms with Gasteiger partial charge < -0.3 is 4.74 Å². The van der Waals surface area contributed by atoms with Crippen molar-refractivity contribution in [3.63, 3.8) is 0 Å². The van der Waals surface area contributed by atoms with Crippen molar-refractivity contribution < 1.29 is 17.9 Å². The molecule has 1 atom stereocenters. The Morgan fingerprint density at radius 1 is 1.11 bits per heavy atom. The Kier molecular flexibility index (Phi) is 4.86. The molecule has 0 amide bonds. The van der Waals surface area contributed by atoms with Gasteiger partial charge in [0.2, 0.25) is 0 Å². The van der Waals surface area contributed by atoms with Crippen molar-refractivity contribution >= 4 is 0 Å². The molecular formula is C12H21F3N2O. The highest BCUT2D eigenvalue weighted by Gasteiger charge is 2.29. The summed E-state index contributed by atoms with van der Waals surface area (Å²) in [4.78, 5) is 4.75. The number of rotatable bonds is 4. The van der Waals surface area contributed by atoms with E-state index in [0.717, 1.165) is 26.1 Å². The Labute approximate surface area is 106 Å². The van der Waals surface area contributed by atoms with Crippen LogP contribution in [0.1, 0.15) is 19.3 Å². The molecule has 2 rings (SSSR count). The van der Waals surface area contributed by atoms with Crippen molar-refractivity contribution in [1.29, 1.82) is 0 Å². The number of halogens is 3. The number of nitrogens with zero attached hydrogens (tertiary/aromatic N) is 2.